The summed E-state index contributed by atoms with van der Waals surface area (Å²) < 4.78 is 12.6. The maximum Gasteiger partial charge on any atom is 0.313 e. The number of allylic oxidation sites excluding steroid dienone is 1. The lowest BCUT2D eigenvalue weighted by molar-refractivity contribution is -0.160. The number of nitrogens with zero attached hydrogens (tertiary/aromatic N) is 2. The molecule has 0 radical (unpaired) electrons. The molecular formula is C33H35ClN2O6. The standard InChI is InChI=1S/C33H35ClN2O6/c1-32-16-9-2-3-10-19-41-31(40)27(32)26-29(38)36(23(21-37)20-22-12-5-4-6-13-22)28-30(39)35(18-11-17-33(26,28)42-32)25-15-8-7-14-24(25)34/h4-9,11-17,23,26-28,37H,2-3,10,18-21H2,1H3/b16-9-/t23-,26+,27+,28?,32-,33+/m1/s1. The number of hydrogen-bond acceptors (Lipinski definition) is 6. The summed E-state index contributed by atoms with van der Waals surface area (Å²) in [6, 6.07) is 14.7. The Hall–Kier alpha value is -3.46. The van der Waals surface area contributed by atoms with E-state index in [0.717, 1.165) is 18.4 Å². The number of benzene rings is 2. The van der Waals surface area contributed by atoms with Gasteiger partial charge in [-0.05, 0) is 50.3 Å². The monoisotopic (exact) mass is 590 g/mol. The summed E-state index contributed by atoms with van der Waals surface area (Å²) in [4.78, 5) is 46.1. The number of cyclic esters (lactones) is 1. The van der Waals surface area contributed by atoms with Crippen LogP contribution in [0.15, 0.2) is 78.9 Å². The van der Waals surface area contributed by atoms with E-state index >= 15 is 0 Å². The predicted molar refractivity (Wildman–Crippen MR) is 158 cm³/mol. The van der Waals surface area contributed by atoms with Gasteiger partial charge in [0.25, 0.3) is 5.91 Å². The highest BCUT2D eigenvalue weighted by Crippen LogP contribution is 2.57. The molecule has 6 atom stereocenters. The number of anilines is 1. The summed E-state index contributed by atoms with van der Waals surface area (Å²) >= 11 is 6.56. The summed E-state index contributed by atoms with van der Waals surface area (Å²) in [5, 5.41) is 11.1. The molecule has 2 amide bonds. The second-order valence-electron chi connectivity index (χ2n) is 11.6. The number of aliphatic hydroxyl groups excluding tert-OH is 1. The van der Waals surface area contributed by atoms with Crippen molar-refractivity contribution in [2.75, 3.05) is 24.7 Å². The molecule has 1 N–H and O–H groups in total. The number of likely N-dealkylation sites (tertiary alicyclic amines) is 1. The van der Waals surface area contributed by atoms with E-state index in [0.29, 0.717) is 23.6 Å². The van der Waals surface area contributed by atoms with Crippen molar-refractivity contribution in [2.45, 2.75) is 55.9 Å². The number of fused-ring (bicyclic) bond motifs is 2. The fourth-order valence-corrected chi connectivity index (χ4v) is 7.39. The van der Waals surface area contributed by atoms with Crippen LogP contribution in [0.3, 0.4) is 0 Å². The average Bonchev–Trinajstić information content (AvgIpc) is 3.32. The summed E-state index contributed by atoms with van der Waals surface area (Å²) in [6.07, 6.45) is 10.1. The van der Waals surface area contributed by atoms with E-state index in [4.69, 9.17) is 21.1 Å². The van der Waals surface area contributed by atoms with Gasteiger partial charge in [-0.2, -0.15) is 0 Å². The first kappa shape index (κ1) is 28.6. The van der Waals surface area contributed by atoms with Gasteiger partial charge < -0.3 is 24.4 Å². The number of esters is 1. The fourth-order valence-electron chi connectivity index (χ4n) is 7.15. The van der Waals surface area contributed by atoms with Crippen molar-refractivity contribution in [3.05, 3.63) is 89.5 Å². The zero-order valence-electron chi connectivity index (χ0n) is 23.5. The molecule has 0 aliphatic carbocycles. The molecule has 0 bridgehead atoms. The first-order chi connectivity index (χ1) is 20.3. The zero-order chi connectivity index (χ0) is 29.5. The molecule has 4 aliphatic heterocycles. The van der Waals surface area contributed by atoms with E-state index in [9.17, 15) is 19.5 Å². The molecule has 8 nitrogen and oxygen atoms in total. The Kier molecular flexibility index (Phi) is 7.72. The van der Waals surface area contributed by atoms with Crippen LogP contribution in [-0.4, -0.2) is 70.8 Å². The van der Waals surface area contributed by atoms with E-state index in [1.807, 2.05) is 48.6 Å². The number of para-hydroxylation sites is 1. The summed E-state index contributed by atoms with van der Waals surface area (Å²) in [5.74, 6) is -3.32. The van der Waals surface area contributed by atoms with E-state index in [-0.39, 0.29) is 25.7 Å². The van der Waals surface area contributed by atoms with Crippen molar-refractivity contribution in [1.29, 1.82) is 0 Å². The number of aliphatic hydroxyl groups is 1. The molecule has 220 valence electrons. The molecule has 0 aromatic heterocycles. The van der Waals surface area contributed by atoms with Crippen LogP contribution in [0.2, 0.25) is 5.02 Å². The highest BCUT2D eigenvalue weighted by Gasteiger charge is 2.75. The highest BCUT2D eigenvalue weighted by atomic mass is 35.5. The number of amides is 2. The van der Waals surface area contributed by atoms with Gasteiger partial charge in [0.1, 0.15) is 17.6 Å². The fraction of sp³-hybridized carbons (Fsp3) is 0.424. The second kappa shape index (κ2) is 11.3. The Bertz CT molecular complexity index is 1430. The molecule has 1 spiro atoms. The number of ether oxygens (including phenoxy) is 2. The molecule has 42 heavy (non-hydrogen) atoms. The van der Waals surface area contributed by atoms with Crippen LogP contribution in [0.1, 0.15) is 31.7 Å². The number of halogens is 1. The van der Waals surface area contributed by atoms with Crippen LogP contribution in [0.5, 0.6) is 0 Å². The van der Waals surface area contributed by atoms with Crippen molar-refractivity contribution in [3.8, 4) is 0 Å². The molecule has 9 heteroatoms. The maximum absolute atomic E-state index is 14.7. The highest BCUT2D eigenvalue weighted by molar-refractivity contribution is 6.34. The van der Waals surface area contributed by atoms with Crippen molar-refractivity contribution >= 4 is 35.1 Å². The smallest absolute Gasteiger partial charge is 0.313 e. The Morgan fingerprint density at radius 3 is 2.50 bits per heavy atom. The Labute approximate surface area is 250 Å². The van der Waals surface area contributed by atoms with E-state index in [2.05, 4.69) is 0 Å². The lowest BCUT2D eigenvalue weighted by Crippen LogP contribution is -2.59. The van der Waals surface area contributed by atoms with Crippen LogP contribution < -0.4 is 4.90 Å². The Morgan fingerprint density at radius 2 is 1.74 bits per heavy atom. The molecule has 1 unspecified atom stereocenters. The van der Waals surface area contributed by atoms with Crippen molar-refractivity contribution in [2.24, 2.45) is 11.8 Å². The van der Waals surface area contributed by atoms with Gasteiger partial charge in [-0.25, -0.2) is 0 Å². The van der Waals surface area contributed by atoms with Gasteiger partial charge in [-0.15, -0.1) is 0 Å². The molecule has 4 heterocycles. The minimum atomic E-state index is -1.47. The third-order valence-electron chi connectivity index (χ3n) is 9.00. The third kappa shape index (κ3) is 4.66. The predicted octanol–water partition coefficient (Wildman–Crippen LogP) is 4.10. The number of hydrogen-bond donors (Lipinski definition) is 1. The van der Waals surface area contributed by atoms with E-state index in [1.54, 1.807) is 42.2 Å². The van der Waals surface area contributed by atoms with Gasteiger partial charge in [0.2, 0.25) is 5.91 Å². The van der Waals surface area contributed by atoms with Crippen LogP contribution in [-0.2, 0) is 30.3 Å². The van der Waals surface area contributed by atoms with E-state index < -0.39 is 47.0 Å². The minimum absolute atomic E-state index is 0.197. The maximum atomic E-state index is 14.7. The molecule has 2 aromatic carbocycles. The van der Waals surface area contributed by atoms with Gasteiger partial charge >= 0.3 is 5.97 Å². The topological polar surface area (TPSA) is 96.4 Å². The molecule has 4 aliphatic rings. The van der Waals surface area contributed by atoms with Crippen molar-refractivity contribution < 1.29 is 29.0 Å². The normalized spacial score (nSPS) is 32.5. The van der Waals surface area contributed by atoms with Crippen molar-refractivity contribution in [3.63, 3.8) is 0 Å². The Morgan fingerprint density at radius 1 is 0.976 bits per heavy atom. The van der Waals surface area contributed by atoms with E-state index in [1.165, 1.54) is 4.90 Å². The first-order valence-corrected chi connectivity index (χ1v) is 14.9. The number of carbonyl (C=O) groups excluding carboxylic acids is 3. The van der Waals surface area contributed by atoms with Gasteiger partial charge in [0.15, 0.2) is 0 Å². The van der Waals surface area contributed by atoms with Gasteiger partial charge in [-0.3, -0.25) is 14.4 Å². The minimum Gasteiger partial charge on any atom is -0.465 e. The summed E-state index contributed by atoms with van der Waals surface area (Å²) in [5.41, 5.74) is -1.24. The largest absolute Gasteiger partial charge is 0.465 e. The molecule has 0 saturated carbocycles. The van der Waals surface area contributed by atoms with Crippen LogP contribution >= 0.6 is 11.6 Å². The quantitative estimate of drug-likeness (QED) is 0.416. The second-order valence-corrected chi connectivity index (χ2v) is 12.0. The van der Waals surface area contributed by atoms with Crippen LogP contribution in [0.4, 0.5) is 5.69 Å². The van der Waals surface area contributed by atoms with Crippen LogP contribution in [0, 0.1) is 11.8 Å². The lowest BCUT2D eigenvalue weighted by Gasteiger charge is -2.40. The number of carbonyl (C=O) groups is 3. The first-order valence-electron chi connectivity index (χ1n) is 14.6. The van der Waals surface area contributed by atoms with Gasteiger partial charge in [0, 0.05) is 6.54 Å². The molecule has 6 rings (SSSR count). The summed E-state index contributed by atoms with van der Waals surface area (Å²) in [6.45, 7) is 1.86. The van der Waals surface area contributed by atoms with Crippen molar-refractivity contribution in [1.82, 2.24) is 4.90 Å². The molecule has 2 saturated heterocycles. The lowest BCUT2D eigenvalue weighted by atomic mass is 9.74. The van der Waals surface area contributed by atoms with Gasteiger partial charge in [0.05, 0.1) is 41.5 Å². The molecule has 2 aromatic rings. The third-order valence-corrected chi connectivity index (χ3v) is 9.32. The molecule has 2 fully saturated rings. The number of rotatable bonds is 5. The summed E-state index contributed by atoms with van der Waals surface area (Å²) in [7, 11) is 0. The van der Waals surface area contributed by atoms with Crippen LogP contribution in [0.25, 0.3) is 0 Å². The average molecular weight is 591 g/mol. The SMILES string of the molecule is C[C@@]12/C=C\CCCCOC(=O)[C@@H]1[C@H]1C(=O)N([C@@H](CO)Cc3ccccc3)C3C(=O)N(c4ccccc4Cl)CC=C[C@@]31O2. The zero-order valence-corrected chi connectivity index (χ0v) is 24.3. The molecular weight excluding hydrogens is 556 g/mol. The van der Waals surface area contributed by atoms with Gasteiger partial charge in [-0.1, -0.05) is 78.4 Å². The Balaban J connectivity index is 1.51.